The average molecular weight is 349 g/mol. The molecule has 1 amide bonds. The fourth-order valence-corrected chi connectivity index (χ4v) is 3.93. The zero-order valence-corrected chi connectivity index (χ0v) is 15.3. The van der Waals surface area contributed by atoms with E-state index in [4.69, 9.17) is 9.52 Å². The van der Waals surface area contributed by atoms with Gasteiger partial charge in [-0.25, -0.2) is 4.68 Å². The van der Waals surface area contributed by atoms with Crippen LogP contribution in [-0.4, -0.2) is 15.7 Å². The molecule has 0 aliphatic heterocycles. The molecule has 0 bridgehead atoms. The van der Waals surface area contributed by atoms with Gasteiger partial charge in [0, 0.05) is 5.56 Å². The Bertz CT molecular complexity index is 924. The van der Waals surface area contributed by atoms with Gasteiger partial charge < -0.3 is 9.73 Å². The van der Waals surface area contributed by atoms with Crippen LogP contribution in [0.1, 0.15) is 53.8 Å². The minimum atomic E-state index is -0.185. The molecule has 4 rings (SSSR count). The molecule has 5 nitrogen and oxygen atoms in total. The van der Waals surface area contributed by atoms with Crippen LogP contribution >= 0.6 is 0 Å². The molecule has 0 unspecified atom stereocenters. The van der Waals surface area contributed by atoms with E-state index in [0.717, 1.165) is 29.8 Å². The minimum absolute atomic E-state index is 0.0626. The Balaban J connectivity index is 1.75. The second-order valence-corrected chi connectivity index (χ2v) is 7.74. The summed E-state index contributed by atoms with van der Waals surface area (Å²) in [5, 5.41) is 7.94. The quantitative estimate of drug-likeness (QED) is 0.770. The van der Waals surface area contributed by atoms with E-state index in [2.05, 4.69) is 31.3 Å². The second kappa shape index (κ2) is 6.16. The number of hydrogen-bond acceptors (Lipinski definition) is 3. The van der Waals surface area contributed by atoms with E-state index < -0.39 is 0 Å². The summed E-state index contributed by atoms with van der Waals surface area (Å²) in [6.45, 7) is 6.49. The van der Waals surface area contributed by atoms with Crippen molar-refractivity contribution in [3.05, 3.63) is 71.4 Å². The predicted molar refractivity (Wildman–Crippen MR) is 99.3 cm³/mol. The molecule has 0 radical (unpaired) electrons. The van der Waals surface area contributed by atoms with Gasteiger partial charge >= 0.3 is 0 Å². The molecular weight excluding hydrogens is 326 g/mol. The summed E-state index contributed by atoms with van der Waals surface area (Å²) in [6, 6.07) is 13.5. The molecule has 1 aliphatic rings. The van der Waals surface area contributed by atoms with Crippen molar-refractivity contribution in [2.24, 2.45) is 5.41 Å². The molecule has 0 spiro atoms. The molecule has 26 heavy (non-hydrogen) atoms. The Hall–Kier alpha value is -2.82. The SMILES string of the molecule is Cc1nn(-c2ccccc2)c2c1[C@@H](NC(=O)c1ccco1)CC(C)(C)C2. The number of carbonyl (C=O) groups is 1. The number of rotatable bonds is 3. The Morgan fingerprint density at radius 3 is 2.69 bits per heavy atom. The molecule has 3 aromatic rings. The summed E-state index contributed by atoms with van der Waals surface area (Å²) in [6.07, 6.45) is 3.31. The zero-order chi connectivity index (χ0) is 18.3. The Morgan fingerprint density at radius 2 is 2.00 bits per heavy atom. The Morgan fingerprint density at radius 1 is 1.23 bits per heavy atom. The lowest BCUT2D eigenvalue weighted by atomic mass is 9.73. The maximum absolute atomic E-state index is 12.6. The van der Waals surface area contributed by atoms with Gasteiger partial charge in [-0.1, -0.05) is 32.0 Å². The van der Waals surface area contributed by atoms with E-state index in [1.807, 2.05) is 29.8 Å². The van der Waals surface area contributed by atoms with Gasteiger partial charge in [0.15, 0.2) is 5.76 Å². The van der Waals surface area contributed by atoms with Crippen molar-refractivity contribution >= 4 is 5.91 Å². The van der Waals surface area contributed by atoms with Gasteiger partial charge in [-0.2, -0.15) is 5.10 Å². The highest BCUT2D eigenvalue weighted by Gasteiger charge is 2.37. The third kappa shape index (κ3) is 2.94. The molecule has 134 valence electrons. The molecule has 1 aliphatic carbocycles. The van der Waals surface area contributed by atoms with E-state index in [1.54, 1.807) is 12.1 Å². The van der Waals surface area contributed by atoms with Crippen molar-refractivity contribution < 1.29 is 9.21 Å². The molecule has 1 atom stereocenters. The van der Waals surface area contributed by atoms with Crippen molar-refractivity contribution in [3.63, 3.8) is 0 Å². The van der Waals surface area contributed by atoms with E-state index in [9.17, 15) is 4.79 Å². The van der Waals surface area contributed by atoms with Crippen molar-refractivity contribution in [1.82, 2.24) is 15.1 Å². The molecule has 0 saturated heterocycles. The normalized spacial score (nSPS) is 18.3. The maximum Gasteiger partial charge on any atom is 0.287 e. The van der Waals surface area contributed by atoms with Crippen LogP contribution in [0.3, 0.4) is 0 Å². The van der Waals surface area contributed by atoms with Crippen LogP contribution in [0.5, 0.6) is 0 Å². The van der Waals surface area contributed by atoms with Gasteiger partial charge in [0.25, 0.3) is 5.91 Å². The first-order chi connectivity index (χ1) is 12.4. The topological polar surface area (TPSA) is 60.1 Å². The number of aryl methyl sites for hydroxylation is 1. The van der Waals surface area contributed by atoms with Crippen LogP contribution in [0.2, 0.25) is 0 Å². The third-order valence-corrected chi connectivity index (χ3v) is 5.01. The van der Waals surface area contributed by atoms with Crippen LogP contribution in [-0.2, 0) is 6.42 Å². The van der Waals surface area contributed by atoms with Crippen molar-refractivity contribution in [3.8, 4) is 5.69 Å². The summed E-state index contributed by atoms with van der Waals surface area (Å²) in [5.74, 6) is 0.151. The number of amides is 1. The predicted octanol–water partition coefficient (Wildman–Crippen LogP) is 4.22. The Labute approximate surface area is 153 Å². The number of benzene rings is 1. The number of furan rings is 1. The van der Waals surface area contributed by atoms with Gasteiger partial charge in [0.2, 0.25) is 0 Å². The highest BCUT2D eigenvalue weighted by atomic mass is 16.3. The number of para-hydroxylation sites is 1. The lowest BCUT2D eigenvalue weighted by Crippen LogP contribution is -2.37. The lowest BCUT2D eigenvalue weighted by molar-refractivity contribution is 0.0891. The van der Waals surface area contributed by atoms with Crippen LogP contribution in [0.25, 0.3) is 5.69 Å². The summed E-state index contributed by atoms with van der Waals surface area (Å²) < 4.78 is 7.27. The van der Waals surface area contributed by atoms with Gasteiger partial charge in [-0.15, -0.1) is 0 Å². The molecule has 0 saturated carbocycles. The monoisotopic (exact) mass is 349 g/mol. The Kier molecular flexibility index (Phi) is 3.94. The van der Waals surface area contributed by atoms with Crippen molar-refractivity contribution in [1.29, 1.82) is 0 Å². The molecule has 1 aromatic carbocycles. The second-order valence-electron chi connectivity index (χ2n) is 7.74. The van der Waals surface area contributed by atoms with E-state index >= 15 is 0 Å². The largest absolute Gasteiger partial charge is 0.459 e. The van der Waals surface area contributed by atoms with Gasteiger partial charge in [0.05, 0.1) is 29.4 Å². The lowest BCUT2D eigenvalue weighted by Gasteiger charge is -2.36. The van der Waals surface area contributed by atoms with Crippen molar-refractivity contribution in [2.45, 2.75) is 39.7 Å². The van der Waals surface area contributed by atoms with Gasteiger partial charge in [-0.05, 0) is 49.4 Å². The molecule has 1 N–H and O–H groups in total. The molecular formula is C21H23N3O2. The number of hydrogen-bond donors (Lipinski definition) is 1. The fourth-order valence-electron chi connectivity index (χ4n) is 3.93. The van der Waals surface area contributed by atoms with Gasteiger partial charge in [-0.3, -0.25) is 4.79 Å². The first-order valence-electron chi connectivity index (χ1n) is 8.93. The van der Waals surface area contributed by atoms with E-state index in [0.29, 0.717) is 5.76 Å². The average Bonchev–Trinajstić information content (AvgIpc) is 3.23. The number of nitrogens with one attached hydrogen (secondary N) is 1. The molecule has 5 heteroatoms. The summed E-state index contributed by atoms with van der Waals surface area (Å²) in [5.41, 5.74) is 4.38. The summed E-state index contributed by atoms with van der Waals surface area (Å²) >= 11 is 0. The minimum Gasteiger partial charge on any atom is -0.459 e. The van der Waals surface area contributed by atoms with E-state index in [1.165, 1.54) is 12.0 Å². The van der Waals surface area contributed by atoms with E-state index in [-0.39, 0.29) is 17.4 Å². The summed E-state index contributed by atoms with van der Waals surface area (Å²) in [7, 11) is 0. The van der Waals surface area contributed by atoms with Gasteiger partial charge in [0.1, 0.15) is 0 Å². The number of nitrogens with zero attached hydrogens (tertiary/aromatic N) is 2. The highest BCUT2D eigenvalue weighted by Crippen LogP contribution is 2.42. The molecule has 0 fully saturated rings. The van der Waals surface area contributed by atoms with Crippen LogP contribution in [0, 0.1) is 12.3 Å². The molecule has 2 aromatic heterocycles. The standard InChI is InChI=1S/C21H23N3O2/c1-14-19-16(22-20(25)18-10-7-11-26-18)12-21(2,3)13-17(19)24(23-14)15-8-5-4-6-9-15/h4-11,16H,12-13H2,1-3H3,(H,22,25)/t16-/m0/s1. The third-order valence-electron chi connectivity index (χ3n) is 5.01. The maximum atomic E-state index is 12.6. The highest BCUT2D eigenvalue weighted by molar-refractivity contribution is 5.91. The number of aromatic nitrogens is 2. The zero-order valence-electron chi connectivity index (χ0n) is 15.3. The number of fused-ring (bicyclic) bond motifs is 1. The van der Waals surface area contributed by atoms with Crippen LogP contribution in [0.15, 0.2) is 53.1 Å². The number of carbonyl (C=O) groups excluding carboxylic acids is 1. The molecule has 2 heterocycles. The first-order valence-corrected chi connectivity index (χ1v) is 8.93. The first kappa shape index (κ1) is 16.6. The van der Waals surface area contributed by atoms with Crippen LogP contribution in [0.4, 0.5) is 0 Å². The van der Waals surface area contributed by atoms with Crippen molar-refractivity contribution in [2.75, 3.05) is 0 Å². The fraction of sp³-hybridized carbons (Fsp3) is 0.333. The smallest absolute Gasteiger partial charge is 0.287 e. The van der Waals surface area contributed by atoms with Crippen LogP contribution < -0.4 is 5.32 Å². The summed E-state index contributed by atoms with van der Waals surface area (Å²) in [4.78, 5) is 12.6.